The van der Waals surface area contributed by atoms with Crippen LogP contribution >= 0.6 is 11.8 Å². The molecule has 2 N–H and O–H groups in total. The van der Waals surface area contributed by atoms with Gasteiger partial charge in [-0.05, 0) is 44.7 Å². The number of ether oxygens (including phenoxy) is 1. The molecule has 2 fully saturated rings. The first-order chi connectivity index (χ1) is 12.2. The van der Waals surface area contributed by atoms with Crippen LogP contribution in [0.3, 0.4) is 0 Å². The standard InChI is InChI=1S/C18H22FN3O2S/c19-14-7-12(24-9-11-1-2-11)8-15-17(14)18(23)22-16(21-15)10-25-13-3-5-20-6-4-13/h7-8,11,13,20H,1-6,9-10H2,(H,21,22,23). The summed E-state index contributed by atoms with van der Waals surface area (Å²) in [5.74, 6) is 1.69. The molecule has 25 heavy (non-hydrogen) atoms. The van der Waals surface area contributed by atoms with E-state index in [-0.39, 0.29) is 5.39 Å². The molecular weight excluding hydrogens is 341 g/mol. The maximum absolute atomic E-state index is 14.3. The van der Waals surface area contributed by atoms with Crippen molar-refractivity contribution in [1.29, 1.82) is 0 Å². The highest BCUT2D eigenvalue weighted by molar-refractivity contribution is 7.99. The zero-order chi connectivity index (χ0) is 17.2. The van der Waals surface area contributed by atoms with Crippen molar-refractivity contribution in [2.75, 3.05) is 19.7 Å². The lowest BCUT2D eigenvalue weighted by Gasteiger charge is -2.21. The zero-order valence-electron chi connectivity index (χ0n) is 14.0. The summed E-state index contributed by atoms with van der Waals surface area (Å²) < 4.78 is 20.0. The van der Waals surface area contributed by atoms with Crippen molar-refractivity contribution in [3.8, 4) is 5.75 Å². The number of thioether (sulfide) groups is 1. The largest absolute Gasteiger partial charge is 0.493 e. The van der Waals surface area contributed by atoms with Gasteiger partial charge in [-0.3, -0.25) is 4.79 Å². The van der Waals surface area contributed by atoms with Crippen molar-refractivity contribution in [3.63, 3.8) is 0 Å². The Bertz CT molecular complexity index is 816. The van der Waals surface area contributed by atoms with E-state index in [4.69, 9.17) is 4.74 Å². The summed E-state index contributed by atoms with van der Waals surface area (Å²) in [6.07, 6.45) is 4.59. The molecule has 1 saturated carbocycles. The van der Waals surface area contributed by atoms with E-state index >= 15 is 0 Å². The van der Waals surface area contributed by atoms with E-state index in [2.05, 4.69) is 15.3 Å². The quantitative estimate of drug-likeness (QED) is 0.826. The van der Waals surface area contributed by atoms with Crippen LogP contribution < -0.4 is 15.6 Å². The molecule has 0 amide bonds. The number of aromatic amines is 1. The molecule has 0 unspecified atom stereocenters. The van der Waals surface area contributed by atoms with Crippen molar-refractivity contribution in [1.82, 2.24) is 15.3 Å². The van der Waals surface area contributed by atoms with Gasteiger partial charge < -0.3 is 15.0 Å². The van der Waals surface area contributed by atoms with Gasteiger partial charge in [0.15, 0.2) is 0 Å². The van der Waals surface area contributed by atoms with Crippen molar-refractivity contribution < 1.29 is 9.13 Å². The van der Waals surface area contributed by atoms with Gasteiger partial charge in [0.05, 0.1) is 17.9 Å². The molecule has 5 nitrogen and oxygen atoms in total. The Morgan fingerprint density at radius 2 is 2.04 bits per heavy atom. The monoisotopic (exact) mass is 363 g/mol. The molecule has 4 rings (SSSR count). The maximum atomic E-state index is 14.3. The number of rotatable bonds is 6. The van der Waals surface area contributed by atoms with Gasteiger partial charge in [0, 0.05) is 17.4 Å². The van der Waals surface area contributed by atoms with Crippen molar-refractivity contribution in [3.05, 3.63) is 34.1 Å². The second-order valence-electron chi connectivity index (χ2n) is 6.83. The normalized spacial score (nSPS) is 18.6. The minimum absolute atomic E-state index is 0.00869. The number of aromatic nitrogens is 2. The van der Waals surface area contributed by atoms with Crippen LogP contribution in [-0.2, 0) is 5.75 Å². The highest BCUT2D eigenvalue weighted by Gasteiger charge is 2.22. The third-order valence-electron chi connectivity index (χ3n) is 4.71. The lowest BCUT2D eigenvalue weighted by molar-refractivity contribution is 0.299. The van der Waals surface area contributed by atoms with Gasteiger partial charge in [-0.15, -0.1) is 0 Å². The molecule has 0 bridgehead atoms. The highest BCUT2D eigenvalue weighted by Crippen LogP contribution is 2.30. The molecule has 2 heterocycles. The Morgan fingerprint density at radius 1 is 1.24 bits per heavy atom. The lowest BCUT2D eigenvalue weighted by atomic mass is 10.2. The molecule has 1 aliphatic heterocycles. The van der Waals surface area contributed by atoms with Crippen LogP contribution in [0.1, 0.15) is 31.5 Å². The summed E-state index contributed by atoms with van der Waals surface area (Å²) in [7, 11) is 0. The average Bonchev–Trinajstić information content (AvgIpc) is 3.43. The number of nitrogens with one attached hydrogen (secondary N) is 2. The van der Waals surface area contributed by atoms with E-state index in [1.165, 1.54) is 18.9 Å². The number of hydrogen-bond donors (Lipinski definition) is 2. The lowest BCUT2D eigenvalue weighted by Crippen LogP contribution is -2.29. The van der Waals surface area contributed by atoms with Gasteiger partial charge >= 0.3 is 0 Å². The van der Waals surface area contributed by atoms with E-state index in [1.807, 2.05) is 0 Å². The van der Waals surface area contributed by atoms with Crippen LogP contribution in [-0.4, -0.2) is 34.9 Å². The van der Waals surface area contributed by atoms with Crippen LogP contribution in [0, 0.1) is 11.7 Å². The predicted octanol–water partition coefficient (Wildman–Crippen LogP) is 2.84. The van der Waals surface area contributed by atoms with E-state index in [9.17, 15) is 9.18 Å². The topological polar surface area (TPSA) is 67.0 Å². The number of H-pyrrole nitrogens is 1. The van der Waals surface area contributed by atoms with Gasteiger partial charge in [-0.2, -0.15) is 11.8 Å². The molecule has 1 saturated heterocycles. The second-order valence-corrected chi connectivity index (χ2v) is 8.12. The summed E-state index contributed by atoms with van der Waals surface area (Å²) in [5, 5.41) is 3.93. The predicted molar refractivity (Wildman–Crippen MR) is 97.7 cm³/mol. The highest BCUT2D eigenvalue weighted by atomic mass is 32.2. The fourth-order valence-corrected chi connectivity index (χ4v) is 4.16. The Labute approximate surface area is 149 Å². The zero-order valence-corrected chi connectivity index (χ0v) is 14.8. The Kier molecular flexibility index (Phi) is 4.94. The molecule has 0 atom stereocenters. The number of hydrogen-bond acceptors (Lipinski definition) is 5. The van der Waals surface area contributed by atoms with Crippen LogP contribution in [0.5, 0.6) is 5.75 Å². The maximum Gasteiger partial charge on any atom is 0.261 e. The van der Waals surface area contributed by atoms with Crippen molar-refractivity contribution in [2.24, 2.45) is 5.92 Å². The van der Waals surface area contributed by atoms with E-state index < -0.39 is 11.4 Å². The average molecular weight is 363 g/mol. The van der Waals surface area contributed by atoms with E-state index in [0.717, 1.165) is 25.9 Å². The van der Waals surface area contributed by atoms with Crippen LogP contribution in [0.4, 0.5) is 4.39 Å². The SMILES string of the molecule is O=c1[nH]c(CSC2CCNCC2)nc2cc(OCC3CC3)cc(F)c12. The summed E-state index contributed by atoms with van der Waals surface area (Å²) >= 11 is 1.80. The second kappa shape index (κ2) is 7.33. The van der Waals surface area contributed by atoms with Gasteiger partial charge in [0.2, 0.25) is 0 Å². The number of benzene rings is 1. The molecule has 2 aliphatic rings. The van der Waals surface area contributed by atoms with Crippen LogP contribution in [0.25, 0.3) is 10.9 Å². The summed E-state index contributed by atoms with van der Waals surface area (Å²) in [6, 6.07) is 2.96. The number of piperidine rings is 1. The third-order valence-corrected chi connectivity index (χ3v) is 6.09. The first-order valence-electron chi connectivity index (χ1n) is 8.86. The smallest absolute Gasteiger partial charge is 0.261 e. The fraction of sp³-hybridized carbons (Fsp3) is 0.556. The van der Waals surface area contributed by atoms with Gasteiger partial charge in [-0.25, -0.2) is 9.37 Å². The molecule has 0 spiro atoms. The first-order valence-corrected chi connectivity index (χ1v) is 9.91. The van der Waals surface area contributed by atoms with Crippen molar-refractivity contribution >= 4 is 22.7 Å². The molecule has 134 valence electrons. The Balaban J connectivity index is 1.54. The number of nitrogens with zero attached hydrogens (tertiary/aromatic N) is 1. The minimum atomic E-state index is -0.574. The molecular formula is C18H22FN3O2S. The number of fused-ring (bicyclic) bond motifs is 1. The van der Waals surface area contributed by atoms with Gasteiger partial charge in [0.25, 0.3) is 5.56 Å². The molecule has 1 aromatic heterocycles. The first kappa shape index (κ1) is 16.8. The Morgan fingerprint density at radius 3 is 2.80 bits per heavy atom. The third kappa shape index (κ3) is 4.15. The summed E-state index contributed by atoms with van der Waals surface area (Å²) in [4.78, 5) is 19.5. The van der Waals surface area contributed by atoms with Crippen LogP contribution in [0.2, 0.25) is 0 Å². The van der Waals surface area contributed by atoms with Crippen LogP contribution in [0.15, 0.2) is 16.9 Å². The molecule has 1 aliphatic carbocycles. The Hall–Kier alpha value is -1.60. The van der Waals surface area contributed by atoms with Crippen molar-refractivity contribution in [2.45, 2.75) is 36.7 Å². The molecule has 7 heteroatoms. The minimum Gasteiger partial charge on any atom is -0.493 e. The van der Waals surface area contributed by atoms with Gasteiger partial charge in [0.1, 0.15) is 22.8 Å². The van der Waals surface area contributed by atoms with Gasteiger partial charge in [-0.1, -0.05) is 0 Å². The fourth-order valence-electron chi connectivity index (χ4n) is 3.06. The molecule has 0 radical (unpaired) electrons. The number of halogens is 1. The van der Waals surface area contributed by atoms with E-state index in [1.54, 1.807) is 17.8 Å². The molecule has 1 aromatic carbocycles. The summed E-state index contributed by atoms with van der Waals surface area (Å²) in [6.45, 7) is 2.67. The summed E-state index contributed by atoms with van der Waals surface area (Å²) in [5.41, 5.74) is -0.0485. The molecule has 2 aromatic rings. The van der Waals surface area contributed by atoms with E-state index in [0.29, 0.717) is 40.6 Å².